The first-order valence-corrected chi connectivity index (χ1v) is 8.51. The van der Waals surface area contributed by atoms with Gasteiger partial charge in [0.15, 0.2) is 0 Å². The van der Waals surface area contributed by atoms with E-state index in [4.69, 9.17) is 0 Å². The Kier molecular flexibility index (Phi) is 6.55. The molecule has 0 spiro atoms. The lowest BCUT2D eigenvalue weighted by atomic mass is 9.74. The average Bonchev–Trinajstić information content (AvgIpc) is 2.40. The molecule has 2 rings (SSSR count). The zero-order chi connectivity index (χ0) is 15.2. The maximum absolute atomic E-state index is 2.34. The van der Waals surface area contributed by atoms with Crippen LogP contribution >= 0.6 is 0 Å². The lowest BCUT2D eigenvalue weighted by Gasteiger charge is -2.31. The van der Waals surface area contributed by atoms with Crippen LogP contribution in [0, 0.1) is 22.7 Å². The van der Waals surface area contributed by atoms with E-state index >= 15 is 0 Å². The average molecular weight is 277 g/mol. The van der Waals surface area contributed by atoms with Gasteiger partial charge in [-0.15, -0.1) is 0 Å². The molecule has 0 bridgehead atoms. The minimum atomic E-state index is 0.519. The Hall–Kier alpha value is -0.520. The maximum Gasteiger partial charge on any atom is -0.0317 e. The second-order valence-corrected chi connectivity index (χ2v) is 8.69. The fraction of sp³-hybridized carbons (Fsp3) is 0.800. The number of hydrogen-bond donors (Lipinski definition) is 0. The van der Waals surface area contributed by atoms with E-state index in [9.17, 15) is 0 Å². The predicted octanol–water partition coefficient (Wildman–Crippen LogP) is 6.78. The fourth-order valence-electron chi connectivity index (χ4n) is 3.16. The molecule has 0 N–H and O–H groups in total. The number of allylic oxidation sites excluding steroid dienone is 4. The Morgan fingerprint density at radius 1 is 0.600 bits per heavy atom. The van der Waals surface area contributed by atoms with E-state index in [1.165, 1.54) is 38.5 Å². The van der Waals surface area contributed by atoms with Gasteiger partial charge in [-0.25, -0.2) is 0 Å². The molecule has 2 unspecified atom stereocenters. The van der Waals surface area contributed by atoms with Gasteiger partial charge in [-0.2, -0.15) is 0 Å². The first kappa shape index (κ1) is 17.5. The molecule has 0 aliphatic heterocycles. The summed E-state index contributed by atoms with van der Waals surface area (Å²) in [6, 6.07) is 0. The molecule has 20 heavy (non-hydrogen) atoms. The van der Waals surface area contributed by atoms with E-state index in [-0.39, 0.29) is 0 Å². The lowest BCUT2D eigenvalue weighted by Crippen LogP contribution is -2.20. The summed E-state index contributed by atoms with van der Waals surface area (Å²) < 4.78 is 0. The fourth-order valence-corrected chi connectivity index (χ4v) is 3.16. The molecule has 0 amide bonds. The summed E-state index contributed by atoms with van der Waals surface area (Å²) in [5, 5.41) is 0. The van der Waals surface area contributed by atoms with Crippen LogP contribution < -0.4 is 0 Å². The van der Waals surface area contributed by atoms with Gasteiger partial charge in [0.05, 0.1) is 0 Å². The monoisotopic (exact) mass is 276 g/mol. The minimum Gasteiger partial charge on any atom is -0.0885 e. The molecule has 0 fully saturated rings. The highest BCUT2D eigenvalue weighted by Gasteiger charge is 2.24. The molecular weight excluding hydrogens is 240 g/mol. The smallest absolute Gasteiger partial charge is 0.0317 e. The van der Waals surface area contributed by atoms with Gasteiger partial charge in [-0.1, -0.05) is 65.8 Å². The summed E-state index contributed by atoms with van der Waals surface area (Å²) in [6.07, 6.45) is 17.2. The number of rotatable bonds is 0. The van der Waals surface area contributed by atoms with Crippen LogP contribution in [0.5, 0.6) is 0 Å². The zero-order valence-electron chi connectivity index (χ0n) is 14.7. The van der Waals surface area contributed by atoms with Gasteiger partial charge < -0.3 is 0 Å². The Morgan fingerprint density at radius 3 is 1.10 bits per heavy atom. The quantitative estimate of drug-likeness (QED) is 0.428. The molecule has 2 aliphatic carbocycles. The van der Waals surface area contributed by atoms with Crippen molar-refractivity contribution in [2.24, 2.45) is 22.7 Å². The van der Waals surface area contributed by atoms with Crippen molar-refractivity contribution in [1.82, 2.24) is 0 Å². The summed E-state index contributed by atoms with van der Waals surface area (Å²) in [5.74, 6) is 1.83. The zero-order valence-corrected chi connectivity index (χ0v) is 14.7. The van der Waals surface area contributed by atoms with Crippen LogP contribution in [0.4, 0.5) is 0 Å². The van der Waals surface area contributed by atoms with E-state index in [0.717, 1.165) is 11.8 Å². The van der Waals surface area contributed by atoms with Crippen molar-refractivity contribution < 1.29 is 0 Å². The third kappa shape index (κ3) is 6.29. The summed E-state index contributed by atoms with van der Waals surface area (Å²) in [6.45, 7) is 14.1. The summed E-state index contributed by atoms with van der Waals surface area (Å²) >= 11 is 0. The first-order valence-electron chi connectivity index (χ1n) is 8.51. The molecule has 0 radical (unpaired) electrons. The second kappa shape index (κ2) is 7.48. The van der Waals surface area contributed by atoms with Crippen LogP contribution in [0.15, 0.2) is 24.3 Å². The standard InChI is InChI=1S/2C10H18/c2*1-10(2,3)9-7-5-4-6-8-9/h2*4-5,9H,6-8H2,1-3H3. The Bertz CT molecular complexity index is 285. The van der Waals surface area contributed by atoms with Crippen molar-refractivity contribution in [2.75, 3.05) is 0 Å². The normalized spacial score (nSPS) is 26.9. The van der Waals surface area contributed by atoms with Gasteiger partial charge in [-0.3, -0.25) is 0 Å². The molecule has 0 saturated heterocycles. The minimum absolute atomic E-state index is 0.519. The van der Waals surface area contributed by atoms with Gasteiger partial charge in [0, 0.05) is 0 Å². The predicted molar refractivity (Wildman–Crippen MR) is 91.9 cm³/mol. The van der Waals surface area contributed by atoms with Crippen molar-refractivity contribution in [2.45, 2.75) is 80.1 Å². The maximum atomic E-state index is 2.34. The van der Waals surface area contributed by atoms with Crippen LogP contribution in [0.1, 0.15) is 80.1 Å². The van der Waals surface area contributed by atoms with Crippen molar-refractivity contribution in [3.63, 3.8) is 0 Å². The van der Waals surface area contributed by atoms with Crippen LogP contribution in [-0.2, 0) is 0 Å². The Balaban J connectivity index is 0.000000200. The van der Waals surface area contributed by atoms with E-state index in [1.807, 2.05) is 0 Å². The van der Waals surface area contributed by atoms with E-state index in [2.05, 4.69) is 65.8 Å². The van der Waals surface area contributed by atoms with Gasteiger partial charge in [0.2, 0.25) is 0 Å². The molecule has 0 aromatic heterocycles. The molecule has 0 aromatic carbocycles. The Labute approximate surface area is 127 Å². The summed E-state index contributed by atoms with van der Waals surface area (Å²) in [4.78, 5) is 0. The molecule has 2 atom stereocenters. The van der Waals surface area contributed by atoms with Crippen molar-refractivity contribution in [3.8, 4) is 0 Å². The molecule has 0 heteroatoms. The Morgan fingerprint density at radius 2 is 0.950 bits per heavy atom. The molecule has 0 aromatic rings. The molecule has 2 aliphatic rings. The van der Waals surface area contributed by atoms with E-state index < -0.39 is 0 Å². The van der Waals surface area contributed by atoms with Crippen LogP contribution in [0.3, 0.4) is 0 Å². The lowest BCUT2D eigenvalue weighted by molar-refractivity contribution is 0.223. The van der Waals surface area contributed by atoms with Gasteiger partial charge in [0.25, 0.3) is 0 Å². The van der Waals surface area contributed by atoms with Crippen molar-refractivity contribution >= 4 is 0 Å². The van der Waals surface area contributed by atoms with Crippen LogP contribution in [0.25, 0.3) is 0 Å². The van der Waals surface area contributed by atoms with E-state index in [1.54, 1.807) is 0 Å². The topological polar surface area (TPSA) is 0 Å². The SMILES string of the molecule is CC(C)(C)C1CC=CCC1.CC(C)(C)C1CC=CCC1. The van der Waals surface area contributed by atoms with Gasteiger partial charge in [-0.05, 0) is 61.2 Å². The van der Waals surface area contributed by atoms with Gasteiger partial charge in [0.1, 0.15) is 0 Å². The summed E-state index contributed by atoms with van der Waals surface area (Å²) in [5.41, 5.74) is 1.04. The first-order chi connectivity index (χ1) is 9.21. The highest BCUT2D eigenvalue weighted by molar-refractivity contribution is 4.94. The highest BCUT2D eigenvalue weighted by atomic mass is 14.3. The molecule has 0 heterocycles. The molecule has 0 nitrogen and oxygen atoms in total. The second-order valence-electron chi connectivity index (χ2n) is 8.69. The third-order valence-electron chi connectivity index (χ3n) is 4.99. The largest absolute Gasteiger partial charge is 0.0885 e. The summed E-state index contributed by atoms with van der Waals surface area (Å²) in [7, 11) is 0. The van der Waals surface area contributed by atoms with Crippen molar-refractivity contribution in [1.29, 1.82) is 0 Å². The van der Waals surface area contributed by atoms with Crippen LogP contribution in [-0.4, -0.2) is 0 Å². The van der Waals surface area contributed by atoms with Crippen molar-refractivity contribution in [3.05, 3.63) is 24.3 Å². The van der Waals surface area contributed by atoms with Crippen LogP contribution in [0.2, 0.25) is 0 Å². The molecule has 0 saturated carbocycles. The highest BCUT2D eigenvalue weighted by Crippen LogP contribution is 2.35. The molecular formula is C20H36. The van der Waals surface area contributed by atoms with E-state index in [0.29, 0.717) is 10.8 Å². The van der Waals surface area contributed by atoms with Gasteiger partial charge >= 0.3 is 0 Å². The molecule has 116 valence electrons. The third-order valence-corrected chi connectivity index (χ3v) is 4.99. The number of hydrogen-bond acceptors (Lipinski definition) is 0.